The molecule has 1 aliphatic carbocycles. The van der Waals surface area contributed by atoms with Crippen molar-refractivity contribution in [3.05, 3.63) is 70.9 Å². The molecule has 1 aromatic heterocycles. The van der Waals surface area contributed by atoms with Gasteiger partial charge in [0, 0.05) is 40.7 Å². The number of aromatic amines is 1. The van der Waals surface area contributed by atoms with Crippen molar-refractivity contribution in [1.29, 1.82) is 0 Å². The fourth-order valence-corrected chi connectivity index (χ4v) is 4.25. The Morgan fingerprint density at radius 2 is 2.10 bits per heavy atom. The molecule has 4 nitrogen and oxygen atoms in total. The molecule has 3 N–H and O–H groups in total. The molecule has 1 heterocycles. The molecular weight excluding hydrogens is 396 g/mol. The fraction of sp³-hybridized carbons (Fsp3) is 0.320. The van der Waals surface area contributed by atoms with Crippen molar-refractivity contribution in [2.24, 2.45) is 0 Å². The summed E-state index contributed by atoms with van der Waals surface area (Å²) >= 11 is 6.00. The van der Waals surface area contributed by atoms with Crippen LogP contribution in [0.3, 0.4) is 0 Å². The molecule has 4 rings (SSSR count). The summed E-state index contributed by atoms with van der Waals surface area (Å²) in [6.07, 6.45) is 3.82. The molecule has 1 fully saturated rings. The zero-order valence-corrected chi connectivity index (χ0v) is 17.5. The number of hydrogen-bond donors (Lipinski definition) is 3. The van der Waals surface area contributed by atoms with Crippen molar-refractivity contribution < 1.29 is 9.90 Å². The van der Waals surface area contributed by atoms with Crippen LogP contribution in [-0.2, 0) is 11.2 Å². The first kappa shape index (κ1) is 20.5. The van der Waals surface area contributed by atoms with Gasteiger partial charge < -0.3 is 15.4 Å². The Morgan fingerprint density at radius 1 is 1.23 bits per heavy atom. The fourth-order valence-electron chi connectivity index (χ4n) is 4.06. The minimum atomic E-state index is -1.09. The van der Waals surface area contributed by atoms with Crippen molar-refractivity contribution >= 4 is 28.4 Å². The van der Waals surface area contributed by atoms with Crippen molar-refractivity contribution in [2.75, 3.05) is 0 Å². The molecule has 2 aromatic carbocycles. The minimum absolute atomic E-state index is 0.00528. The number of aryl methyl sites for hydroxylation is 1. The highest BCUT2D eigenvalue weighted by Gasteiger charge is 2.33. The van der Waals surface area contributed by atoms with Gasteiger partial charge in [-0.25, -0.2) is 0 Å². The van der Waals surface area contributed by atoms with E-state index in [-0.39, 0.29) is 11.9 Å². The number of halogens is 1. The maximum atomic E-state index is 12.5. The summed E-state index contributed by atoms with van der Waals surface area (Å²) in [6.45, 7) is 0. The van der Waals surface area contributed by atoms with Gasteiger partial charge in [0.1, 0.15) is 5.60 Å². The summed E-state index contributed by atoms with van der Waals surface area (Å²) in [5.74, 6) is 6.04. The van der Waals surface area contributed by atoms with Gasteiger partial charge in [0.2, 0.25) is 5.91 Å². The number of fused-ring (bicyclic) bond motifs is 1. The molecule has 3 aromatic rings. The first-order valence-corrected chi connectivity index (χ1v) is 10.7. The first-order chi connectivity index (χ1) is 14.5. The lowest BCUT2D eigenvalue weighted by Gasteiger charge is -2.33. The zero-order valence-electron chi connectivity index (χ0n) is 16.7. The number of H-pyrrole nitrogens is 1. The summed E-state index contributed by atoms with van der Waals surface area (Å²) in [7, 11) is 0. The van der Waals surface area contributed by atoms with E-state index >= 15 is 0 Å². The first-order valence-electron chi connectivity index (χ1n) is 10.4. The molecule has 0 aliphatic heterocycles. The Hall–Kier alpha value is -2.74. The highest BCUT2D eigenvalue weighted by Crippen LogP contribution is 2.28. The SMILES string of the molecule is O=C(CCc1cc2ccccc2[nH]1)N[C@H]1CCCC(O)(C#Cc2cccc(Cl)c2)C1. The van der Waals surface area contributed by atoms with Crippen LogP contribution in [0, 0.1) is 11.8 Å². The van der Waals surface area contributed by atoms with Crippen LogP contribution in [0.1, 0.15) is 43.4 Å². The van der Waals surface area contributed by atoms with Gasteiger partial charge in [0.05, 0.1) is 0 Å². The largest absolute Gasteiger partial charge is 0.378 e. The van der Waals surface area contributed by atoms with Crippen LogP contribution >= 0.6 is 11.6 Å². The topological polar surface area (TPSA) is 65.1 Å². The molecule has 1 amide bonds. The predicted molar refractivity (Wildman–Crippen MR) is 120 cm³/mol. The molecule has 154 valence electrons. The average molecular weight is 421 g/mol. The van der Waals surface area contributed by atoms with E-state index in [2.05, 4.69) is 34.3 Å². The van der Waals surface area contributed by atoms with Crippen LogP contribution in [0.5, 0.6) is 0 Å². The maximum absolute atomic E-state index is 12.5. The van der Waals surface area contributed by atoms with Gasteiger partial charge in [0.15, 0.2) is 0 Å². The van der Waals surface area contributed by atoms with Crippen LogP contribution in [-0.4, -0.2) is 27.6 Å². The average Bonchev–Trinajstić information content (AvgIpc) is 3.14. The normalized spacial score (nSPS) is 21.1. The third-order valence-electron chi connectivity index (χ3n) is 5.56. The lowest BCUT2D eigenvalue weighted by Crippen LogP contribution is -2.45. The molecule has 5 heteroatoms. The van der Waals surface area contributed by atoms with Crippen molar-refractivity contribution in [2.45, 2.75) is 50.2 Å². The highest BCUT2D eigenvalue weighted by atomic mass is 35.5. The van der Waals surface area contributed by atoms with Gasteiger partial charge in [-0.05, 0) is 61.4 Å². The third-order valence-corrected chi connectivity index (χ3v) is 5.80. The van der Waals surface area contributed by atoms with Crippen molar-refractivity contribution in [3.63, 3.8) is 0 Å². The van der Waals surface area contributed by atoms with E-state index in [0.717, 1.165) is 35.0 Å². The summed E-state index contributed by atoms with van der Waals surface area (Å²) in [5, 5.41) is 15.8. The smallest absolute Gasteiger partial charge is 0.220 e. The van der Waals surface area contributed by atoms with Gasteiger partial charge in [-0.3, -0.25) is 4.79 Å². The molecule has 1 unspecified atom stereocenters. The highest BCUT2D eigenvalue weighted by molar-refractivity contribution is 6.30. The van der Waals surface area contributed by atoms with Crippen LogP contribution in [0.15, 0.2) is 54.6 Å². The number of carbonyl (C=O) groups is 1. The number of benzene rings is 2. The number of carbonyl (C=O) groups excluding carboxylic acids is 1. The van der Waals surface area contributed by atoms with Crippen LogP contribution < -0.4 is 5.32 Å². The second kappa shape index (κ2) is 8.95. The Balaban J connectivity index is 1.32. The van der Waals surface area contributed by atoms with Gasteiger partial charge in [-0.1, -0.05) is 47.7 Å². The third kappa shape index (κ3) is 5.24. The number of hydrogen-bond acceptors (Lipinski definition) is 2. The van der Waals surface area contributed by atoms with Crippen molar-refractivity contribution in [3.8, 4) is 11.8 Å². The quantitative estimate of drug-likeness (QED) is 0.540. The van der Waals surface area contributed by atoms with Gasteiger partial charge in [-0.15, -0.1) is 0 Å². The zero-order chi connectivity index (χ0) is 21.0. The summed E-state index contributed by atoms with van der Waals surface area (Å²) in [4.78, 5) is 15.8. The molecule has 1 saturated carbocycles. The molecular formula is C25H25ClN2O2. The molecule has 2 atom stereocenters. The van der Waals surface area contributed by atoms with Crippen molar-refractivity contribution in [1.82, 2.24) is 10.3 Å². The minimum Gasteiger partial charge on any atom is -0.378 e. The Bertz CT molecular complexity index is 1080. The number of nitrogens with one attached hydrogen (secondary N) is 2. The van der Waals surface area contributed by atoms with E-state index < -0.39 is 5.60 Å². The van der Waals surface area contributed by atoms with E-state index in [4.69, 9.17) is 11.6 Å². The van der Waals surface area contributed by atoms with Crippen LogP contribution in [0.2, 0.25) is 5.02 Å². The van der Waals surface area contributed by atoms with E-state index in [9.17, 15) is 9.90 Å². The lowest BCUT2D eigenvalue weighted by molar-refractivity contribution is -0.122. The van der Waals surface area contributed by atoms with Gasteiger partial charge >= 0.3 is 0 Å². The van der Waals surface area contributed by atoms with Gasteiger partial charge in [0.25, 0.3) is 0 Å². The maximum Gasteiger partial charge on any atom is 0.220 e. The summed E-state index contributed by atoms with van der Waals surface area (Å²) in [5.41, 5.74) is 1.83. The number of amides is 1. The molecule has 0 bridgehead atoms. The molecule has 30 heavy (non-hydrogen) atoms. The summed E-state index contributed by atoms with van der Waals surface area (Å²) < 4.78 is 0. The second-order valence-electron chi connectivity index (χ2n) is 8.03. The Labute approximate surface area is 181 Å². The Morgan fingerprint density at radius 3 is 2.93 bits per heavy atom. The number of rotatable bonds is 4. The lowest BCUT2D eigenvalue weighted by atomic mass is 9.82. The van der Waals surface area contributed by atoms with Gasteiger partial charge in [-0.2, -0.15) is 0 Å². The molecule has 1 aliphatic rings. The molecule has 0 spiro atoms. The van der Waals surface area contributed by atoms with Crippen LogP contribution in [0.4, 0.5) is 0 Å². The monoisotopic (exact) mass is 420 g/mol. The molecule has 0 saturated heterocycles. The Kier molecular flexibility index (Phi) is 6.13. The van der Waals surface area contributed by atoms with E-state index in [1.165, 1.54) is 0 Å². The predicted octanol–water partition coefficient (Wildman–Crippen LogP) is 4.60. The van der Waals surface area contributed by atoms with E-state index in [0.29, 0.717) is 30.7 Å². The van der Waals surface area contributed by atoms with E-state index in [1.54, 1.807) is 12.1 Å². The summed E-state index contributed by atoms with van der Waals surface area (Å²) in [6, 6.07) is 17.4. The number of aromatic nitrogens is 1. The molecule has 0 radical (unpaired) electrons. The standard InChI is InChI=1S/C25H25ClN2O2/c26-20-7-3-5-18(15-20)12-14-25(30)13-4-8-22(17-25)28-24(29)11-10-21-16-19-6-1-2-9-23(19)27-21/h1-3,5-7,9,15-16,22,27,30H,4,8,10-11,13,17H2,(H,28,29)/t22-,25?/m0/s1. The number of aliphatic hydroxyl groups is 1. The van der Waals surface area contributed by atoms with E-state index in [1.807, 2.05) is 30.3 Å². The number of para-hydroxylation sites is 1. The second-order valence-corrected chi connectivity index (χ2v) is 8.47. The van der Waals surface area contributed by atoms with Crippen LogP contribution in [0.25, 0.3) is 10.9 Å².